The number of aliphatic hydroxyl groups excluding tert-OH is 1. The van der Waals surface area contributed by atoms with Crippen LogP contribution < -0.4 is 0 Å². The molecule has 0 radical (unpaired) electrons. The molecule has 4 aliphatic rings. The van der Waals surface area contributed by atoms with E-state index in [1.165, 1.54) is 43.3 Å². The average Bonchev–Trinajstić information content (AvgIpc) is 3.17. The number of esters is 1. The number of aliphatic hydroxyl groups is 2. The van der Waals surface area contributed by atoms with Gasteiger partial charge in [0.25, 0.3) is 0 Å². The molecule has 0 aromatic heterocycles. The maximum absolute atomic E-state index is 11.9. The minimum Gasteiger partial charge on any atom is -0.460 e. The molecule has 0 amide bonds. The van der Waals surface area contributed by atoms with Crippen molar-refractivity contribution in [3.05, 3.63) is 35.5 Å². The molecule has 0 aromatic carbocycles. The monoisotopic (exact) mass is 428 g/mol. The lowest BCUT2D eigenvalue weighted by molar-refractivity contribution is -0.154. The molecule has 1 aliphatic heterocycles. The fourth-order valence-corrected chi connectivity index (χ4v) is 7.17. The van der Waals surface area contributed by atoms with Gasteiger partial charge in [0.05, 0.1) is 6.10 Å². The van der Waals surface area contributed by atoms with E-state index in [4.69, 9.17) is 4.74 Å². The van der Waals surface area contributed by atoms with Crippen molar-refractivity contribution in [1.82, 2.24) is 0 Å². The number of hydrogen-bond donors (Lipinski definition) is 2. The van der Waals surface area contributed by atoms with Crippen molar-refractivity contribution in [2.45, 2.75) is 103 Å². The Balaban J connectivity index is 1.46. The van der Waals surface area contributed by atoms with Gasteiger partial charge in [-0.15, -0.1) is 0 Å². The van der Waals surface area contributed by atoms with Crippen molar-refractivity contribution in [3.8, 4) is 0 Å². The van der Waals surface area contributed by atoms with Crippen LogP contribution in [0.5, 0.6) is 0 Å². The van der Waals surface area contributed by atoms with E-state index in [1.54, 1.807) is 12.5 Å². The summed E-state index contributed by atoms with van der Waals surface area (Å²) >= 11 is 0. The van der Waals surface area contributed by atoms with E-state index in [-0.39, 0.29) is 17.6 Å². The second-order valence-electron chi connectivity index (χ2n) is 11.2. The third-order valence-corrected chi connectivity index (χ3v) is 8.89. The third-order valence-electron chi connectivity index (χ3n) is 8.89. The van der Waals surface area contributed by atoms with E-state index in [2.05, 4.69) is 32.6 Å². The fraction of sp³-hybridized carbons (Fsp3) is 0.741. The van der Waals surface area contributed by atoms with Gasteiger partial charge in [-0.25, -0.2) is 4.79 Å². The summed E-state index contributed by atoms with van der Waals surface area (Å²) < 4.78 is 5.48. The zero-order chi connectivity index (χ0) is 22.4. The normalized spacial score (nSPS) is 44.5. The molecule has 2 N–H and O–H groups in total. The SMILES string of the molecule is C=C1CC[C@H](O)CC1=C/C=C1\CCC[C@]2(C)[C@@H]([C@H](C)C[C@@H]3C[C@](C)(O)C(=O)O3)CC[C@@H]12. The third kappa shape index (κ3) is 4.43. The Morgan fingerprint density at radius 1 is 1.23 bits per heavy atom. The molecule has 1 saturated heterocycles. The summed E-state index contributed by atoms with van der Waals surface area (Å²) in [5.41, 5.74) is 2.93. The van der Waals surface area contributed by atoms with Gasteiger partial charge < -0.3 is 14.9 Å². The number of carbonyl (C=O) groups excluding carboxylic acids is 1. The lowest BCUT2D eigenvalue weighted by atomic mass is 9.60. The van der Waals surface area contributed by atoms with E-state index >= 15 is 0 Å². The topological polar surface area (TPSA) is 66.8 Å². The fourth-order valence-electron chi connectivity index (χ4n) is 7.17. The summed E-state index contributed by atoms with van der Waals surface area (Å²) in [6.07, 6.45) is 14.0. The summed E-state index contributed by atoms with van der Waals surface area (Å²) in [5, 5.41) is 20.2. The molecule has 1 heterocycles. The lowest BCUT2D eigenvalue weighted by Gasteiger charge is -2.44. The summed E-state index contributed by atoms with van der Waals surface area (Å²) in [5.74, 6) is 1.23. The number of carbonyl (C=O) groups is 1. The summed E-state index contributed by atoms with van der Waals surface area (Å²) in [6, 6.07) is 0. The molecule has 172 valence electrons. The van der Waals surface area contributed by atoms with Gasteiger partial charge in [0.15, 0.2) is 5.60 Å². The zero-order valence-corrected chi connectivity index (χ0v) is 19.5. The van der Waals surface area contributed by atoms with E-state index in [9.17, 15) is 15.0 Å². The van der Waals surface area contributed by atoms with Gasteiger partial charge >= 0.3 is 5.97 Å². The minimum atomic E-state index is -1.32. The first-order valence-corrected chi connectivity index (χ1v) is 12.3. The van der Waals surface area contributed by atoms with Crippen LogP contribution in [0.15, 0.2) is 35.5 Å². The maximum atomic E-state index is 11.9. The highest BCUT2D eigenvalue weighted by Gasteiger charge is 2.52. The Morgan fingerprint density at radius 3 is 2.71 bits per heavy atom. The second kappa shape index (κ2) is 8.51. The Bertz CT molecular complexity index is 791. The van der Waals surface area contributed by atoms with Crippen LogP contribution in [0.4, 0.5) is 0 Å². The predicted octanol–water partition coefficient (Wildman–Crippen LogP) is 5.25. The quantitative estimate of drug-likeness (QED) is 0.600. The molecule has 3 aliphatic carbocycles. The molecular formula is C27H40O4. The molecular weight excluding hydrogens is 388 g/mol. The highest BCUT2D eigenvalue weighted by Crippen LogP contribution is 2.60. The molecule has 7 atom stereocenters. The molecule has 31 heavy (non-hydrogen) atoms. The molecule has 0 unspecified atom stereocenters. The van der Waals surface area contributed by atoms with Crippen molar-refractivity contribution in [3.63, 3.8) is 0 Å². The maximum Gasteiger partial charge on any atom is 0.338 e. The molecule has 4 fully saturated rings. The van der Waals surface area contributed by atoms with Crippen molar-refractivity contribution in [2.24, 2.45) is 23.2 Å². The van der Waals surface area contributed by atoms with Crippen molar-refractivity contribution < 1.29 is 19.7 Å². The molecule has 4 rings (SSSR count). The standard InChI is InChI=1S/C27H40O4/c1-17-7-10-21(28)15-20(17)9-8-19-6-5-13-26(3)23(11-12-24(19)26)18(2)14-22-16-27(4,30)25(29)31-22/h8-9,18,21-24,28,30H,1,5-7,10-16H2,2-4H3/b19-8+,20-9?/t18-,21+,22-,23-,24+,26-,27+/m1/s1. The first kappa shape index (κ1) is 22.8. The van der Waals surface area contributed by atoms with Crippen LogP contribution in [-0.4, -0.2) is 34.0 Å². The highest BCUT2D eigenvalue weighted by atomic mass is 16.6. The van der Waals surface area contributed by atoms with Crippen LogP contribution in [0.2, 0.25) is 0 Å². The van der Waals surface area contributed by atoms with Crippen LogP contribution in [0.25, 0.3) is 0 Å². The first-order valence-electron chi connectivity index (χ1n) is 12.3. The van der Waals surface area contributed by atoms with Gasteiger partial charge in [-0.05, 0) is 93.5 Å². The molecule has 0 bridgehead atoms. The van der Waals surface area contributed by atoms with Crippen LogP contribution in [0.1, 0.15) is 85.0 Å². The number of ether oxygens (including phenoxy) is 1. The first-order chi connectivity index (χ1) is 14.6. The smallest absolute Gasteiger partial charge is 0.338 e. The van der Waals surface area contributed by atoms with Crippen LogP contribution >= 0.6 is 0 Å². The minimum absolute atomic E-state index is 0.160. The molecule has 3 saturated carbocycles. The number of fused-ring (bicyclic) bond motifs is 1. The largest absolute Gasteiger partial charge is 0.460 e. The zero-order valence-electron chi connectivity index (χ0n) is 19.5. The van der Waals surface area contributed by atoms with E-state index in [0.717, 1.165) is 25.7 Å². The van der Waals surface area contributed by atoms with Gasteiger partial charge in [0.2, 0.25) is 0 Å². The van der Waals surface area contributed by atoms with E-state index < -0.39 is 11.6 Å². The lowest BCUT2D eigenvalue weighted by Crippen LogP contribution is -2.36. The van der Waals surface area contributed by atoms with Crippen LogP contribution in [0.3, 0.4) is 0 Å². The van der Waals surface area contributed by atoms with Gasteiger partial charge in [0, 0.05) is 6.42 Å². The van der Waals surface area contributed by atoms with Crippen molar-refractivity contribution >= 4 is 5.97 Å². The number of hydrogen-bond acceptors (Lipinski definition) is 4. The molecule has 4 heteroatoms. The average molecular weight is 429 g/mol. The Hall–Kier alpha value is -1.39. The summed E-state index contributed by atoms with van der Waals surface area (Å²) in [4.78, 5) is 11.9. The number of rotatable bonds is 4. The Labute approximate surface area is 187 Å². The predicted molar refractivity (Wildman–Crippen MR) is 122 cm³/mol. The van der Waals surface area contributed by atoms with Gasteiger partial charge in [-0.1, -0.05) is 43.7 Å². The van der Waals surface area contributed by atoms with E-state index in [1.807, 2.05) is 0 Å². The number of allylic oxidation sites excluding steroid dienone is 4. The van der Waals surface area contributed by atoms with E-state index in [0.29, 0.717) is 24.2 Å². The Kier molecular flexibility index (Phi) is 6.26. The molecule has 0 aromatic rings. The highest BCUT2D eigenvalue weighted by molar-refractivity contribution is 5.80. The molecule has 0 spiro atoms. The van der Waals surface area contributed by atoms with Crippen LogP contribution in [-0.2, 0) is 9.53 Å². The van der Waals surface area contributed by atoms with Gasteiger partial charge in [0.1, 0.15) is 6.10 Å². The van der Waals surface area contributed by atoms with Crippen molar-refractivity contribution in [2.75, 3.05) is 0 Å². The number of cyclic esters (lactones) is 1. The Morgan fingerprint density at radius 2 is 2.00 bits per heavy atom. The summed E-state index contributed by atoms with van der Waals surface area (Å²) in [6.45, 7) is 10.6. The second-order valence-corrected chi connectivity index (χ2v) is 11.2. The molecule has 4 nitrogen and oxygen atoms in total. The van der Waals surface area contributed by atoms with Gasteiger partial charge in [-0.3, -0.25) is 0 Å². The van der Waals surface area contributed by atoms with Crippen molar-refractivity contribution in [1.29, 1.82) is 0 Å². The van der Waals surface area contributed by atoms with Gasteiger partial charge in [-0.2, -0.15) is 0 Å². The van der Waals surface area contributed by atoms with Crippen LogP contribution in [0, 0.1) is 23.2 Å². The summed E-state index contributed by atoms with van der Waals surface area (Å²) in [7, 11) is 0.